The van der Waals surface area contributed by atoms with Gasteiger partial charge < -0.3 is 15.2 Å². The van der Waals surface area contributed by atoms with Crippen molar-refractivity contribution >= 4 is 52.1 Å². The summed E-state index contributed by atoms with van der Waals surface area (Å²) in [7, 11) is 3.07. The number of nitrogens with zero attached hydrogens (tertiary/aromatic N) is 2. The molecule has 0 spiro atoms. The number of aliphatic imine (C=N–C) groups is 1. The van der Waals surface area contributed by atoms with Gasteiger partial charge in [0.2, 0.25) is 5.91 Å². The van der Waals surface area contributed by atoms with E-state index in [4.69, 9.17) is 26.8 Å². The number of rotatable bonds is 6. The number of primary amides is 1. The highest BCUT2D eigenvalue weighted by molar-refractivity contribution is 8.15. The lowest BCUT2D eigenvalue weighted by Crippen LogP contribution is -2.33. The third-order valence-electron chi connectivity index (χ3n) is 4.32. The summed E-state index contributed by atoms with van der Waals surface area (Å²) >= 11 is 7.22. The molecule has 0 saturated carbocycles. The lowest BCUT2D eigenvalue weighted by molar-refractivity contribution is -0.117. The first kappa shape index (κ1) is 21.7. The van der Waals surface area contributed by atoms with Gasteiger partial charge in [0.25, 0.3) is 5.91 Å². The smallest absolute Gasteiger partial charge is 0.283 e. The van der Waals surface area contributed by atoms with Crippen molar-refractivity contribution in [1.29, 1.82) is 0 Å². The molecule has 0 bridgehead atoms. The van der Waals surface area contributed by atoms with Crippen LogP contribution in [0.25, 0.3) is 6.08 Å². The Hall–Kier alpha value is -2.97. The molecule has 7 nitrogen and oxygen atoms in total. The molecule has 0 unspecified atom stereocenters. The normalized spacial score (nSPS) is 15.9. The first-order chi connectivity index (χ1) is 14.3. The summed E-state index contributed by atoms with van der Waals surface area (Å²) in [5, 5.41) is 0.183. The van der Waals surface area contributed by atoms with Gasteiger partial charge in [-0.2, -0.15) is 0 Å². The zero-order valence-electron chi connectivity index (χ0n) is 16.6. The molecule has 2 N–H and O–H groups in total. The number of amidine groups is 1. The number of anilines is 1. The van der Waals surface area contributed by atoms with E-state index in [9.17, 15) is 9.59 Å². The van der Waals surface area contributed by atoms with Gasteiger partial charge in [0, 0.05) is 6.07 Å². The minimum absolute atomic E-state index is 0.230. The predicted octanol–water partition coefficient (Wildman–Crippen LogP) is 3.71. The van der Waals surface area contributed by atoms with Gasteiger partial charge in [-0.1, -0.05) is 35.5 Å². The fraction of sp³-hybridized carbons (Fsp3) is 0.190. The van der Waals surface area contributed by atoms with E-state index in [-0.39, 0.29) is 11.6 Å². The van der Waals surface area contributed by atoms with E-state index >= 15 is 0 Å². The van der Waals surface area contributed by atoms with E-state index < -0.39 is 11.2 Å². The van der Waals surface area contributed by atoms with Crippen LogP contribution in [-0.2, 0) is 9.59 Å². The highest BCUT2D eigenvalue weighted by atomic mass is 35.5. The van der Waals surface area contributed by atoms with E-state index in [2.05, 4.69) is 4.99 Å². The molecule has 0 fully saturated rings. The number of carbonyl (C=O) groups excluding carboxylic acids is 2. The molecular formula is C21H20ClN3O4S. The lowest BCUT2D eigenvalue weighted by atomic mass is 10.2. The topological polar surface area (TPSA) is 94.2 Å². The quantitative estimate of drug-likeness (QED) is 0.684. The molecule has 3 rings (SSSR count). The van der Waals surface area contributed by atoms with Crippen molar-refractivity contribution in [1.82, 2.24) is 0 Å². The Kier molecular flexibility index (Phi) is 6.69. The summed E-state index contributed by atoms with van der Waals surface area (Å²) in [5.41, 5.74) is 6.93. The standard InChI is InChI=1S/C21H20ClN3O4S/c1-12(19(23)26)30-21-24-17(10-13-4-7-15(28-2)8-5-13)20(27)25(21)14-6-9-16(22)18(11-14)29-3/h4-12H,1-3H3,(H2,23,26)/b17-10-/t12-/m0/s1. The van der Waals surface area contributed by atoms with Crippen LogP contribution < -0.4 is 20.1 Å². The maximum absolute atomic E-state index is 13.2. The molecule has 30 heavy (non-hydrogen) atoms. The molecular weight excluding hydrogens is 426 g/mol. The van der Waals surface area contributed by atoms with Crippen LogP contribution >= 0.6 is 23.4 Å². The number of nitrogens with two attached hydrogens (primary N) is 1. The highest BCUT2D eigenvalue weighted by Crippen LogP contribution is 2.35. The zero-order valence-corrected chi connectivity index (χ0v) is 18.2. The summed E-state index contributed by atoms with van der Waals surface area (Å²) in [6.45, 7) is 1.66. The van der Waals surface area contributed by atoms with Crippen molar-refractivity contribution < 1.29 is 19.1 Å². The molecule has 1 aliphatic heterocycles. The third-order valence-corrected chi connectivity index (χ3v) is 5.71. The molecule has 2 amide bonds. The van der Waals surface area contributed by atoms with Crippen molar-refractivity contribution in [2.75, 3.05) is 19.1 Å². The average molecular weight is 446 g/mol. The van der Waals surface area contributed by atoms with Crippen LogP contribution in [0.3, 0.4) is 0 Å². The first-order valence-electron chi connectivity index (χ1n) is 8.92. The van der Waals surface area contributed by atoms with Gasteiger partial charge in [0.15, 0.2) is 5.17 Å². The molecule has 2 aromatic rings. The Labute approximate surface area is 183 Å². The first-order valence-corrected chi connectivity index (χ1v) is 10.2. The number of methoxy groups -OCH3 is 2. The molecule has 1 aliphatic rings. The van der Waals surface area contributed by atoms with Gasteiger partial charge in [-0.25, -0.2) is 4.99 Å². The second-order valence-corrected chi connectivity index (χ2v) is 8.03. The van der Waals surface area contributed by atoms with Crippen LogP contribution in [0.1, 0.15) is 12.5 Å². The van der Waals surface area contributed by atoms with Gasteiger partial charge in [0.1, 0.15) is 17.2 Å². The Bertz CT molecular complexity index is 1040. The van der Waals surface area contributed by atoms with Crippen LogP contribution in [0.4, 0.5) is 5.69 Å². The molecule has 0 radical (unpaired) electrons. The van der Waals surface area contributed by atoms with Gasteiger partial charge in [-0.05, 0) is 42.8 Å². The van der Waals surface area contributed by atoms with E-state index in [0.717, 1.165) is 17.3 Å². The molecule has 0 saturated heterocycles. The lowest BCUT2D eigenvalue weighted by Gasteiger charge is -2.20. The number of amides is 2. The second kappa shape index (κ2) is 9.23. The predicted molar refractivity (Wildman–Crippen MR) is 120 cm³/mol. The van der Waals surface area contributed by atoms with Crippen LogP contribution in [0.15, 0.2) is 53.2 Å². The number of ether oxygens (including phenoxy) is 2. The van der Waals surface area contributed by atoms with Crippen molar-refractivity contribution in [3.8, 4) is 11.5 Å². The Balaban J connectivity index is 2.02. The van der Waals surface area contributed by atoms with Crippen molar-refractivity contribution in [2.24, 2.45) is 10.7 Å². The second-order valence-electron chi connectivity index (χ2n) is 6.32. The Morgan fingerprint density at radius 3 is 2.50 bits per heavy atom. The van der Waals surface area contributed by atoms with Crippen LogP contribution in [0, 0.1) is 0 Å². The molecule has 0 aromatic heterocycles. The molecule has 2 aromatic carbocycles. The Morgan fingerprint density at radius 2 is 1.90 bits per heavy atom. The summed E-state index contributed by atoms with van der Waals surface area (Å²) in [4.78, 5) is 30.6. The van der Waals surface area contributed by atoms with Gasteiger partial charge in [-0.3, -0.25) is 14.5 Å². The zero-order chi connectivity index (χ0) is 21.8. The van der Waals surface area contributed by atoms with Gasteiger partial charge in [-0.15, -0.1) is 0 Å². The van der Waals surface area contributed by atoms with E-state index in [1.165, 1.54) is 12.0 Å². The fourth-order valence-corrected chi connectivity index (χ4v) is 3.74. The maximum atomic E-state index is 13.2. The van der Waals surface area contributed by atoms with Crippen molar-refractivity contribution in [3.05, 3.63) is 58.7 Å². The minimum Gasteiger partial charge on any atom is -0.497 e. The number of benzene rings is 2. The maximum Gasteiger partial charge on any atom is 0.283 e. The van der Waals surface area contributed by atoms with Crippen LogP contribution in [0.5, 0.6) is 11.5 Å². The SMILES string of the molecule is COc1ccc(/C=C2\N=C(S[C@@H](C)C(N)=O)N(c3ccc(Cl)c(OC)c3)C2=O)cc1. The van der Waals surface area contributed by atoms with E-state index in [1.807, 2.05) is 12.1 Å². The van der Waals surface area contributed by atoms with E-state index in [1.54, 1.807) is 50.4 Å². The largest absolute Gasteiger partial charge is 0.497 e. The average Bonchev–Trinajstić information content (AvgIpc) is 3.03. The highest BCUT2D eigenvalue weighted by Gasteiger charge is 2.34. The van der Waals surface area contributed by atoms with Gasteiger partial charge in [0.05, 0.1) is 30.2 Å². The summed E-state index contributed by atoms with van der Waals surface area (Å²) in [6, 6.07) is 12.2. The van der Waals surface area contributed by atoms with Crippen molar-refractivity contribution in [3.63, 3.8) is 0 Å². The fourth-order valence-electron chi connectivity index (χ4n) is 2.66. The van der Waals surface area contributed by atoms with Crippen molar-refractivity contribution in [2.45, 2.75) is 12.2 Å². The number of hydrogen-bond donors (Lipinski definition) is 1. The molecule has 9 heteroatoms. The number of halogens is 1. The molecule has 0 aliphatic carbocycles. The summed E-state index contributed by atoms with van der Waals surface area (Å²) in [6.07, 6.45) is 1.67. The minimum atomic E-state index is -0.575. The summed E-state index contributed by atoms with van der Waals surface area (Å²) < 4.78 is 10.4. The van der Waals surface area contributed by atoms with Crippen LogP contribution in [-0.4, -0.2) is 36.5 Å². The molecule has 1 heterocycles. The Morgan fingerprint density at radius 1 is 1.20 bits per heavy atom. The number of carbonyl (C=O) groups is 2. The summed E-state index contributed by atoms with van der Waals surface area (Å²) in [5.74, 6) is 0.285. The van der Waals surface area contributed by atoms with Crippen LogP contribution in [0.2, 0.25) is 5.02 Å². The van der Waals surface area contributed by atoms with E-state index in [0.29, 0.717) is 27.4 Å². The van der Waals surface area contributed by atoms with Gasteiger partial charge >= 0.3 is 0 Å². The number of thioether (sulfide) groups is 1. The third kappa shape index (κ3) is 4.60. The molecule has 156 valence electrons. The molecule has 1 atom stereocenters. The number of hydrogen-bond acceptors (Lipinski definition) is 6. The monoisotopic (exact) mass is 445 g/mol.